The van der Waals surface area contributed by atoms with Gasteiger partial charge >= 0.3 is 0 Å². The number of anilines is 2. The molecule has 17 heavy (non-hydrogen) atoms. The van der Waals surface area contributed by atoms with Crippen molar-refractivity contribution in [2.75, 3.05) is 17.3 Å². The Hall–Kier alpha value is -1.33. The van der Waals surface area contributed by atoms with Gasteiger partial charge in [-0.15, -0.1) is 0 Å². The molecule has 0 unspecified atom stereocenters. The quantitative estimate of drug-likeness (QED) is 0.470. The van der Waals surface area contributed by atoms with Crippen molar-refractivity contribution in [3.8, 4) is 0 Å². The van der Waals surface area contributed by atoms with E-state index in [1.807, 2.05) is 12.1 Å². The van der Waals surface area contributed by atoms with Gasteiger partial charge in [0.25, 0.3) is 0 Å². The second kappa shape index (κ2) is 5.33. The van der Waals surface area contributed by atoms with Crippen LogP contribution in [0.3, 0.4) is 0 Å². The number of rotatable bonds is 4. The van der Waals surface area contributed by atoms with Crippen LogP contribution in [0.2, 0.25) is 0 Å². The van der Waals surface area contributed by atoms with E-state index in [0.29, 0.717) is 12.4 Å². The number of nitrogens with one attached hydrogen (secondary N) is 2. The van der Waals surface area contributed by atoms with Gasteiger partial charge in [-0.3, -0.25) is 0 Å². The van der Waals surface area contributed by atoms with Crippen LogP contribution in [-0.4, -0.2) is 22.2 Å². The molecule has 0 bridgehead atoms. The van der Waals surface area contributed by atoms with Crippen molar-refractivity contribution in [3.63, 3.8) is 0 Å². The van der Waals surface area contributed by atoms with Gasteiger partial charge in [0.05, 0.1) is 5.60 Å². The number of pyridine rings is 1. The molecule has 0 saturated heterocycles. The average molecular weight is 236 g/mol. The van der Waals surface area contributed by atoms with Gasteiger partial charge in [0.1, 0.15) is 5.82 Å². The molecule has 0 radical (unpaired) electrons. The summed E-state index contributed by atoms with van der Waals surface area (Å²) in [6.45, 7) is 0.584. The Labute approximate surface area is 101 Å². The van der Waals surface area contributed by atoms with Crippen LogP contribution in [0.25, 0.3) is 0 Å². The summed E-state index contributed by atoms with van der Waals surface area (Å²) in [6.07, 6.45) is 6.91. The fourth-order valence-corrected chi connectivity index (χ4v) is 2.27. The van der Waals surface area contributed by atoms with Gasteiger partial charge in [0.2, 0.25) is 0 Å². The largest absolute Gasteiger partial charge is 0.388 e. The summed E-state index contributed by atoms with van der Waals surface area (Å²) in [7, 11) is 0. The molecule has 5 N–H and O–H groups in total. The molecule has 1 saturated carbocycles. The van der Waals surface area contributed by atoms with Gasteiger partial charge < -0.3 is 15.8 Å². The molecule has 0 aromatic carbocycles. The van der Waals surface area contributed by atoms with E-state index in [0.717, 1.165) is 31.4 Å². The molecule has 1 aliphatic carbocycles. The Morgan fingerprint density at radius 3 is 2.82 bits per heavy atom. The third kappa shape index (κ3) is 3.31. The minimum atomic E-state index is -0.558. The standard InChI is InChI=1S/C12H20N4O/c13-16-11-8-10(4-7-14-11)15-9-12(17)5-2-1-3-6-12/h4,7-8,17H,1-3,5-6,9,13H2,(H2,14,15,16). The smallest absolute Gasteiger partial charge is 0.141 e. The third-order valence-electron chi connectivity index (χ3n) is 3.31. The van der Waals surface area contributed by atoms with Gasteiger partial charge in [0.15, 0.2) is 0 Å². The Kier molecular flexibility index (Phi) is 3.81. The van der Waals surface area contributed by atoms with Gasteiger partial charge in [0, 0.05) is 24.5 Å². The van der Waals surface area contributed by atoms with Gasteiger partial charge in [-0.05, 0) is 18.9 Å². The van der Waals surface area contributed by atoms with Crippen molar-refractivity contribution < 1.29 is 5.11 Å². The minimum absolute atomic E-state index is 0.558. The lowest BCUT2D eigenvalue weighted by molar-refractivity contribution is 0.0167. The van der Waals surface area contributed by atoms with Crippen LogP contribution in [0.5, 0.6) is 0 Å². The highest BCUT2D eigenvalue weighted by Gasteiger charge is 2.28. The number of nitrogens with two attached hydrogens (primary N) is 1. The molecule has 5 nitrogen and oxygen atoms in total. The van der Waals surface area contributed by atoms with Crippen LogP contribution in [0, 0.1) is 0 Å². The highest BCUT2D eigenvalue weighted by Crippen LogP contribution is 2.28. The molecule has 0 spiro atoms. The first kappa shape index (κ1) is 12.1. The normalized spacial score (nSPS) is 18.7. The SMILES string of the molecule is NNc1cc(NCC2(O)CCCCC2)ccn1. The van der Waals surface area contributed by atoms with Crippen molar-refractivity contribution in [2.24, 2.45) is 5.84 Å². The van der Waals surface area contributed by atoms with E-state index in [-0.39, 0.29) is 0 Å². The molecular formula is C12H20N4O. The van der Waals surface area contributed by atoms with E-state index < -0.39 is 5.60 Å². The van der Waals surface area contributed by atoms with E-state index in [9.17, 15) is 5.11 Å². The van der Waals surface area contributed by atoms with E-state index in [2.05, 4.69) is 15.7 Å². The zero-order valence-electron chi connectivity index (χ0n) is 9.95. The number of hydrogen-bond donors (Lipinski definition) is 4. The highest BCUT2D eigenvalue weighted by atomic mass is 16.3. The summed E-state index contributed by atoms with van der Waals surface area (Å²) in [5.74, 6) is 5.91. The maximum Gasteiger partial charge on any atom is 0.141 e. The third-order valence-corrected chi connectivity index (χ3v) is 3.31. The van der Waals surface area contributed by atoms with Crippen LogP contribution in [0.1, 0.15) is 32.1 Å². The van der Waals surface area contributed by atoms with E-state index in [1.165, 1.54) is 6.42 Å². The first-order valence-electron chi connectivity index (χ1n) is 6.11. The van der Waals surface area contributed by atoms with E-state index in [1.54, 1.807) is 6.20 Å². The highest BCUT2D eigenvalue weighted by molar-refractivity contribution is 5.51. The maximum absolute atomic E-state index is 10.3. The molecular weight excluding hydrogens is 216 g/mol. The second-order valence-electron chi connectivity index (χ2n) is 4.71. The molecule has 0 aliphatic heterocycles. The monoisotopic (exact) mass is 236 g/mol. The number of hydrazine groups is 1. The summed E-state index contributed by atoms with van der Waals surface area (Å²) in [5.41, 5.74) is 2.87. The fourth-order valence-electron chi connectivity index (χ4n) is 2.27. The molecule has 0 amide bonds. The second-order valence-corrected chi connectivity index (χ2v) is 4.71. The van der Waals surface area contributed by atoms with Gasteiger partial charge in [-0.1, -0.05) is 19.3 Å². The van der Waals surface area contributed by atoms with Crippen molar-refractivity contribution in [1.82, 2.24) is 4.98 Å². The molecule has 1 heterocycles. The number of nitrogens with zero attached hydrogens (tertiary/aromatic N) is 1. The average Bonchev–Trinajstić information content (AvgIpc) is 2.38. The molecule has 5 heteroatoms. The molecule has 1 aliphatic rings. The number of aliphatic hydroxyl groups is 1. The number of nitrogen functional groups attached to an aromatic ring is 1. The Morgan fingerprint density at radius 1 is 1.35 bits per heavy atom. The van der Waals surface area contributed by atoms with Gasteiger partial charge in [-0.25, -0.2) is 10.8 Å². The van der Waals surface area contributed by atoms with Crippen molar-refractivity contribution >= 4 is 11.5 Å². The van der Waals surface area contributed by atoms with Crippen LogP contribution in [-0.2, 0) is 0 Å². The summed E-state index contributed by atoms with van der Waals surface area (Å²) >= 11 is 0. The number of aromatic nitrogens is 1. The molecule has 1 aromatic rings. The maximum atomic E-state index is 10.3. The first-order chi connectivity index (χ1) is 8.22. The number of hydrogen-bond acceptors (Lipinski definition) is 5. The molecule has 2 rings (SSSR count). The fraction of sp³-hybridized carbons (Fsp3) is 0.583. The van der Waals surface area contributed by atoms with Crippen molar-refractivity contribution in [2.45, 2.75) is 37.7 Å². The summed E-state index contributed by atoms with van der Waals surface area (Å²) in [5, 5.41) is 13.6. The Bertz CT molecular complexity index is 363. The Morgan fingerprint density at radius 2 is 2.12 bits per heavy atom. The van der Waals surface area contributed by atoms with Crippen LogP contribution < -0.4 is 16.6 Å². The van der Waals surface area contributed by atoms with Crippen molar-refractivity contribution in [1.29, 1.82) is 0 Å². The van der Waals surface area contributed by atoms with Crippen molar-refractivity contribution in [3.05, 3.63) is 18.3 Å². The zero-order chi connectivity index (χ0) is 12.1. The minimum Gasteiger partial charge on any atom is -0.388 e. The molecule has 94 valence electrons. The van der Waals surface area contributed by atoms with Crippen LogP contribution in [0.15, 0.2) is 18.3 Å². The van der Waals surface area contributed by atoms with Crippen LogP contribution >= 0.6 is 0 Å². The summed E-state index contributed by atoms with van der Waals surface area (Å²) in [4.78, 5) is 4.03. The molecule has 1 fully saturated rings. The van der Waals surface area contributed by atoms with Crippen LogP contribution in [0.4, 0.5) is 11.5 Å². The summed E-state index contributed by atoms with van der Waals surface area (Å²) in [6, 6.07) is 3.69. The lowest BCUT2D eigenvalue weighted by Gasteiger charge is -2.32. The topological polar surface area (TPSA) is 83.2 Å². The first-order valence-corrected chi connectivity index (χ1v) is 6.11. The van der Waals surface area contributed by atoms with Gasteiger partial charge in [-0.2, -0.15) is 0 Å². The lowest BCUT2D eigenvalue weighted by Crippen LogP contribution is -2.38. The molecule has 0 atom stereocenters. The zero-order valence-corrected chi connectivity index (χ0v) is 9.95. The molecule has 1 aromatic heterocycles. The van der Waals surface area contributed by atoms with E-state index in [4.69, 9.17) is 5.84 Å². The lowest BCUT2D eigenvalue weighted by atomic mass is 9.85. The predicted octanol–water partition coefficient (Wildman–Crippen LogP) is 1.47. The van der Waals surface area contributed by atoms with E-state index >= 15 is 0 Å². The Balaban J connectivity index is 1.92. The summed E-state index contributed by atoms with van der Waals surface area (Å²) < 4.78 is 0. The predicted molar refractivity (Wildman–Crippen MR) is 68.6 cm³/mol.